The number of benzene rings is 1. The van der Waals surface area contributed by atoms with E-state index in [0.29, 0.717) is 16.2 Å². The van der Waals surface area contributed by atoms with E-state index in [1.54, 1.807) is 11.1 Å². The molecule has 0 radical (unpaired) electrons. The van der Waals surface area contributed by atoms with E-state index in [-0.39, 0.29) is 0 Å². The summed E-state index contributed by atoms with van der Waals surface area (Å²) in [6.45, 7) is 14.9. The Labute approximate surface area is 143 Å². The van der Waals surface area contributed by atoms with Crippen LogP contribution in [0.5, 0.6) is 0 Å². The van der Waals surface area contributed by atoms with Gasteiger partial charge in [0, 0.05) is 0 Å². The molecule has 0 aromatic heterocycles. The minimum Gasteiger partial charge on any atom is -0.0596 e. The van der Waals surface area contributed by atoms with Crippen molar-refractivity contribution in [3.63, 3.8) is 0 Å². The Morgan fingerprint density at radius 3 is 2.30 bits per heavy atom. The largest absolute Gasteiger partial charge is 0.0596 e. The van der Waals surface area contributed by atoms with Crippen molar-refractivity contribution in [1.82, 2.24) is 0 Å². The highest BCUT2D eigenvalue weighted by Gasteiger charge is 2.60. The molecule has 0 heterocycles. The molecule has 0 heteroatoms. The van der Waals surface area contributed by atoms with Crippen LogP contribution in [-0.2, 0) is 11.8 Å². The van der Waals surface area contributed by atoms with Gasteiger partial charge < -0.3 is 0 Å². The highest BCUT2D eigenvalue weighted by Crippen LogP contribution is 2.67. The van der Waals surface area contributed by atoms with Gasteiger partial charge in [-0.15, -0.1) is 0 Å². The molecule has 0 bridgehead atoms. The Balaban J connectivity index is 1.82. The van der Waals surface area contributed by atoms with E-state index in [2.05, 4.69) is 53.7 Å². The molecule has 2 fully saturated rings. The zero-order chi connectivity index (χ0) is 16.6. The maximum absolute atomic E-state index is 2.66. The van der Waals surface area contributed by atoms with Gasteiger partial charge in [-0.3, -0.25) is 0 Å². The predicted octanol–water partition coefficient (Wildman–Crippen LogP) is 6.36. The minimum atomic E-state index is 0.423. The zero-order valence-electron chi connectivity index (χ0n) is 16.1. The van der Waals surface area contributed by atoms with Gasteiger partial charge in [0.1, 0.15) is 0 Å². The third-order valence-corrected chi connectivity index (χ3v) is 8.55. The van der Waals surface area contributed by atoms with Crippen LogP contribution in [0, 0.1) is 36.5 Å². The van der Waals surface area contributed by atoms with Crippen LogP contribution in [-0.4, -0.2) is 0 Å². The second-order valence-corrected chi connectivity index (χ2v) is 10.2. The monoisotopic (exact) mass is 310 g/mol. The molecule has 1 aromatic rings. The predicted molar refractivity (Wildman–Crippen MR) is 98.9 cm³/mol. The molecule has 1 aromatic carbocycles. The summed E-state index contributed by atoms with van der Waals surface area (Å²) in [6, 6.07) is 5.06. The normalized spacial score (nSPS) is 41.1. The molecule has 23 heavy (non-hydrogen) atoms. The molecular formula is C23H34. The van der Waals surface area contributed by atoms with Gasteiger partial charge in [-0.1, -0.05) is 46.2 Å². The Morgan fingerprint density at radius 1 is 0.870 bits per heavy atom. The lowest BCUT2D eigenvalue weighted by Crippen LogP contribution is -2.55. The molecule has 0 spiro atoms. The first-order valence-corrected chi connectivity index (χ1v) is 9.79. The summed E-state index contributed by atoms with van der Waals surface area (Å²) < 4.78 is 0. The number of hydrogen-bond acceptors (Lipinski definition) is 0. The van der Waals surface area contributed by atoms with E-state index < -0.39 is 0 Å². The van der Waals surface area contributed by atoms with E-state index in [9.17, 15) is 0 Å². The second kappa shape index (κ2) is 4.64. The lowest BCUT2D eigenvalue weighted by molar-refractivity contribution is -0.0982. The highest BCUT2D eigenvalue weighted by atomic mass is 14.6. The Kier molecular flexibility index (Phi) is 3.18. The lowest BCUT2D eigenvalue weighted by atomic mass is 9.43. The van der Waals surface area contributed by atoms with Crippen molar-refractivity contribution in [2.45, 2.75) is 85.5 Å². The van der Waals surface area contributed by atoms with E-state index in [0.717, 1.165) is 11.8 Å². The third kappa shape index (κ3) is 1.96. The topological polar surface area (TPSA) is 0 Å². The Bertz CT molecular complexity index is 652. The summed E-state index contributed by atoms with van der Waals surface area (Å²) in [5.41, 5.74) is 7.84. The van der Waals surface area contributed by atoms with E-state index >= 15 is 0 Å². The van der Waals surface area contributed by atoms with Crippen molar-refractivity contribution in [1.29, 1.82) is 0 Å². The van der Waals surface area contributed by atoms with Gasteiger partial charge in [0.25, 0.3) is 0 Å². The van der Waals surface area contributed by atoms with Crippen LogP contribution in [0.2, 0.25) is 0 Å². The van der Waals surface area contributed by atoms with Crippen LogP contribution < -0.4 is 0 Å². The Hall–Kier alpha value is -0.780. The molecule has 0 nitrogen and oxygen atoms in total. The first-order valence-electron chi connectivity index (χ1n) is 9.79. The fourth-order valence-corrected chi connectivity index (χ4v) is 7.23. The molecule has 0 amide bonds. The van der Waals surface area contributed by atoms with Crippen LogP contribution in [0.4, 0.5) is 0 Å². The van der Waals surface area contributed by atoms with Gasteiger partial charge in [-0.2, -0.15) is 0 Å². The van der Waals surface area contributed by atoms with E-state index in [4.69, 9.17) is 0 Å². The lowest BCUT2D eigenvalue weighted by Gasteiger charge is -2.61. The average molecular weight is 311 g/mol. The smallest absolute Gasteiger partial charge is 0.00356 e. The van der Waals surface area contributed by atoms with Crippen molar-refractivity contribution >= 4 is 0 Å². The van der Waals surface area contributed by atoms with Crippen LogP contribution in [0.15, 0.2) is 12.1 Å². The van der Waals surface area contributed by atoms with Crippen molar-refractivity contribution in [3.8, 4) is 0 Å². The van der Waals surface area contributed by atoms with Crippen LogP contribution in [0.3, 0.4) is 0 Å². The van der Waals surface area contributed by atoms with Crippen LogP contribution in [0.1, 0.15) is 82.1 Å². The molecule has 4 rings (SSSR count). The molecule has 2 saturated carbocycles. The molecule has 4 atom stereocenters. The maximum Gasteiger partial charge on any atom is -0.00356 e. The summed E-state index contributed by atoms with van der Waals surface area (Å²) in [5.74, 6) is 1.77. The summed E-state index contributed by atoms with van der Waals surface area (Å²) >= 11 is 0. The van der Waals surface area contributed by atoms with Crippen molar-refractivity contribution in [2.24, 2.45) is 22.7 Å². The van der Waals surface area contributed by atoms with Crippen molar-refractivity contribution in [2.75, 3.05) is 0 Å². The minimum absolute atomic E-state index is 0.423. The molecular weight excluding hydrogens is 276 g/mol. The summed E-state index contributed by atoms with van der Waals surface area (Å²) in [7, 11) is 0. The van der Waals surface area contributed by atoms with E-state index in [1.165, 1.54) is 49.7 Å². The first kappa shape index (κ1) is 15.7. The number of hydrogen-bond donors (Lipinski definition) is 0. The molecule has 3 aliphatic carbocycles. The standard InChI is InChI=1S/C23H34/c1-15-12-17-14-20-22(5,18(17)13-16(15)2)11-8-19-21(3,4)9-7-10-23(19,20)6/h12-13,19-20H,7-11,14H2,1-6H3/t19?,20-,22-,23-/m0/s1. The quantitative estimate of drug-likeness (QED) is 0.523. The molecule has 126 valence electrons. The molecule has 3 aliphatic rings. The Morgan fingerprint density at radius 2 is 1.57 bits per heavy atom. The van der Waals surface area contributed by atoms with Crippen molar-refractivity contribution < 1.29 is 0 Å². The fraction of sp³-hybridized carbons (Fsp3) is 0.739. The zero-order valence-corrected chi connectivity index (χ0v) is 16.1. The number of aryl methyl sites for hydroxylation is 2. The molecule has 0 N–H and O–H groups in total. The molecule has 1 unspecified atom stereocenters. The van der Waals surface area contributed by atoms with Gasteiger partial charge >= 0.3 is 0 Å². The SMILES string of the molecule is Cc1cc2c(cc1C)[C@]1(C)CCC3C(C)(C)CCC[C@]3(C)[C@H]1C2. The van der Waals surface area contributed by atoms with Gasteiger partial charge in [-0.05, 0) is 96.3 Å². The van der Waals surface area contributed by atoms with Gasteiger partial charge in [0.2, 0.25) is 0 Å². The summed E-state index contributed by atoms with van der Waals surface area (Å²) in [5, 5.41) is 0. The molecule has 0 saturated heterocycles. The van der Waals surface area contributed by atoms with Crippen molar-refractivity contribution in [3.05, 3.63) is 34.4 Å². The van der Waals surface area contributed by atoms with Gasteiger partial charge in [-0.25, -0.2) is 0 Å². The maximum atomic E-state index is 2.66. The molecule has 0 aliphatic heterocycles. The number of fused-ring (bicyclic) bond motifs is 5. The second-order valence-electron chi connectivity index (χ2n) is 10.2. The fourth-order valence-electron chi connectivity index (χ4n) is 7.23. The highest BCUT2D eigenvalue weighted by molar-refractivity contribution is 5.47. The first-order chi connectivity index (χ1) is 10.7. The van der Waals surface area contributed by atoms with Crippen LogP contribution in [0.25, 0.3) is 0 Å². The van der Waals surface area contributed by atoms with Crippen LogP contribution >= 0.6 is 0 Å². The van der Waals surface area contributed by atoms with E-state index in [1.807, 2.05) is 0 Å². The summed E-state index contributed by atoms with van der Waals surface area (Å²) in [6.07, 6.45) is 8.48. The average Bonchev–Trinajstić information content (AvgIpc) is 2.73. The number of rotatable bonds is 0. The summed E-state index contributed by atoms with van der Waals surface area (Å²) in [4.78, 5) is 0. The third-order valence-electron chi connectivity index (χ3n) is 8.55. The van der Waals surface area contributed by atoms with Gasteiger partial charge in [0.15, 0.2) is 0 Å². The van der Waals surface area contributed by atoms with Gasteiger partial charge in [0.05, 0.1) is 0 Å².